The van der Waals surface area contributed by atoms with Gasteiger partial charge in [0.05, 0.1) is 5.56 Å². The first-order valence-corrected chi connectivity index (χ1v) is 8.08. The Balaban J connectivity index is 1.74. The Kier molecular flexibility index (Phi) is 6.59. The van der Waals surface area contributed by atoms with Crippen LogP contribution in [-0.4, -0.2) is 60.7 Å². The average molecular weight is 331 g/mol. The topological polar surface area (TPSA) is 44.3 Å². The van der Waals surface area contributed by atoms with E-state index in [4.69, 9.17) is 0 Å². The number of unbranched alkanes of at least 4 members (excludes halogenated alkanes) is 1. The summed E-state index contributed by atoms with van der Waals surface area (Å²) in [5.41, 5.74) is -0.805. The SMILES string of the molecule is CCNCCCCN1CCN(c2ncc(C(F)(F)F)cn2)CC1. The van der Waals surface area contributed by atoms with Gasteiger partial charge in [0, 0.05) is 38.6 Å². The fourth-order valence-corrected chi connectivity index (χ4v) is 2.56. The highest BCUT2D eigenvalue weighted by Gasteiger charge is 2.31. The van der Waals surface area contributed by atoms with Gasteiger partial charge in [0.2, 0.25) is 5.95 Å². The highest BCUT2D eigenvalue weighted by atomic mass is 19.4. The molecule has 23 heavy (non-hydrogen) atoms. The molecule has 8 heteroatoms. The number of nitrogens with one attached hydrogen (secondary N) is 1. The van der Waals surface area contributed by atoms with E-state index >= 15 is 0 Å². The van der Waals surface area contributed by atoms with Gasteiger partial charge < -0.3 is 10.2 Å². The summed E-state index contributed by atoms with van der Waals surface area (Å²) in [5, 5.41) is 3.31. The Bertz CT molecular complexity index is 455. The second-order valence-electron chi connectivity index (χ2n) is 5.66. The first kappa shape index (κ1) is 17.9. The minimum atomic E-state index is -4.39. The summed E-state index contributed by atoms with van der Waals surface area (Å²) in [6.07, 6.45) is -0.353. The maximum absolute atomic E-state index is 12.5. The first-order chi connectivity index (χ1) is 11.0. The summed E-state index contributed by atoms with van der Waals surface area (Å²) in [6.45, 7) is 8.51. The molecule has 2 rings (SSSR count). The van der Waals surface area contributed by atoms with Crippen LogP contribution in [0.2, 0.25) is 0 Å². The fourth-order valence-electron chi connectivity index (χ4n) is 2.56. The molecule has 0 spiro atoms. The monoisotopic (exact) mass is 331 g/mol. The molecule has 0 saturated carbocycles. The van der Waals surface area contributed by atoms with E-state index in [2.05, 4.69) is 27.1 Å². The first-order valence-electron chi connectivity index (χ1n) is 8.08. The second-order valence-corrected chi connectivity index (χ2v) is 5.66. The normalized spacial score (nSPS) is 16.8. The minimum Gasteiger partial charge on any atom is -0.338 e. The van der Waals surface area contributed by atoms with Gasteiger partial charge >= 0.3 is 6.18 Å². The molecule has 1 aliphatic rings. The summed E-state index contributed by atoms with van der Waals surface area (Å²) < 4.78 is 37.5. The van der Waals surface area contributed by atoms with Crippen LogP contribution in [0, 0.1) is 0 Å². The van der Waals surface area contributed by atoms with Crippen LogP contribution < -0.4 is 10.2 Å². The lowest BCUT2D eigenvalue weighted by atomic mass is 10.2. The molecule has 1 fully saturated rings. The van der Waals surface area contributed by atoms with Crippen LogP contribution in [0.25, 0.3) is 0 Å². The summed E-state index contributed by atoms with van der Waals surface area (Å²) >= 11 is 0. The van der Waals surface area contributed by atoms with Crippen LogP contribution in [-0.2, 0) is 6.18 Å². The Morgan fingerprint density at radius 1 is 1.09 bits per heavy atom. The van der Waals surface area contributed by atoms with Crippen molar-refractivity contribution in [1.29, 1.82) is 0 Å². The lowest BCUT2D eigenvalue weighted by Crippen LogP contribution is -2.47. The van der Waals surface area contributed by atoms with Gasteiger partial charge in [-0.15, -0.1) is 0 Å². The van der Waals surface area contributed by atoms with Crippen LogP contribution >= 0.6 is 0 Å². The molecule has 130 valence electrons. The molecular formula is C15H24F3N5. The van der Waals surface area contributed by atoms with Gasteiger partial charge in [-0.3, -0.25) is 4.90 Å². The van der Waals surface area contributed by atoms with E-state index in [0.29, 0.717) is 5.95 Å². The van der Waals surface area contributed by atoms with Crippen LogP contribution in [0.1, 0.15) is 25.3 Å². The lowest BCUT2D eigenvalue weighted by molar-refractivity contribution is -0.138. The minimum absolute atomic E-state index is 0.379. The van der Waals surface area contributed by atoms with Crippen molar-refractivity contribution in [3.8, 4) is 0 Å². The molecule has 1 aromatic rings. The average Bonchev–Trinajstić information content (AvgIpc) is 2.55. The molecule has 0 bridgehead atoms. The maximum atomic E-state index is 12.5. The van der Waals surface area contributed by atoms with E-state index < -0.39 is 11.7 Å². The zero-order chi connectivity index (χ0) is 16.7. The molecule has 1 aliphatic heterocycles. The Morgan fingerprint density at radius 3 is 2.30 bits per heavy atom. The van der Waals surface area contributed by atoms with Gasteiger partial charge in [0.15, 0.2) is 0 Å². The highest BCUT2D eigenvalue weighted by Crippen LogP contribution is 2.28. The number of anilines is 1. The molecule has 0 radical (unpaired) electrons. The molecule has 0 atom stereocenters. The van der Waals surface area contributed by atoms with Gasteiger partial charge in [0.1, 0.15) is 0 Å². The van der Waals surface area contributed by atoms with E-state index in [0.717, 1.165) is 71.0 Å². The largest absolute Gasteiger partial charge is 0.419 e. The predicted octanol–water partition coefficient (Wildman–Crippen LogP) is 2.01. The third-order valence-electron chi connectivity index (χ3n) is 3.95. The number of hydrogen-bond acceptors (Lipinski definition) is 5. The third kappa shape index (κ3) is 5.62. The van der Waals surface area contributed by atoms with Crippen LogP contribution in [0.3, 0.4) is 0 Å². The number of rotatable bonds is 7. The summed E-state index contributed by atoms with van der Waals surface area (Å²) in [5.74, 6) is 0.379. The van der Waals surface area contributed by atoms with Crippen molar-refractivity contribution in [2.24, 2.45) is 0 Å². The predicted molar refractivity (Wildman–Crippen MR) is 83.5 cm³/mol. The highest BCUT2D eigenvalue weighted by molar-refractivity contribution is 5.31. The van der Waals surface area contributed by atoms with E-state index in [1.165, 1.54) is 0 Å². The lowest BCUT2D eigenvalue weighted by Gasteiger charge is -2.34. The van der Waals surface area contributed by atoms with Crippen molar-refractivity contribution in [1.82, 2.24) is 20.2 Å². The standard InChI is InChI=1S/C15H24F3N5/c1-2-19-5-3-4-6-22-7-9-23(10-8-22)14-20-11-13(12-21-14)15(16,17)18/h11-12,19H,2-10H2,1H3. The van der Waals surface area contributed by atoms with Crippen molar-refractivity contribution in [3.05, 3.63) is 18.0 Å². The Morgan fingerprint density at radius 2 is 1.74 bits per heavy atom. The molecule has 0 amide bonds. The molecule has 0 aliphatic carbocycles. The number of aromatic nitrogens is 2. The molecule has 1 N–H and O–H groups in total. The Hall–Kier alpha value is -1.41. The number of nitrogens with zero attached hydrogens (tertiary/aromatic N) is 4. The molecule has 0 unspecified atom stereocenters. The smallest absolute Gasteiger partial charge is 0.338 e. The van der Waals surface area contributed by atoms with Gasteiger partial charge in [0.25, 0.3) is 0 Å². The fraction of sp³-hybridized carbons (Fsp3) is 0.733. The molecule has 1 aromatic heterocycles. The number of piperazine rings is 1. The van der Waals surface area contributed by atoms with Crippen LogP contribution in [0.4, 0.5) is 19.1 Å². The summed E-state index contributed by atoms with van der Waals surface area (Å²) in [6, 6.07) is 0. The van der Waals surface area contributed by atoms with Crippen molar-refractivity contribution in [3.63, 3.8) is 0 Å². The van der Waals surface area contributed by atoms with Gasteiger partial charge in [-0.1, -0.05) is 6.92 Å². The molecular weight excluding hydrogens is 307 g/mol. The zero-order valence-corrected chi connectivity index (χ0v) is 13.4. The van der Waals surface area contributed by atoms with Crippen molar-refractivity contribution >= 4 is 5.95 Å². The van der Waals surface area contributed by atoms with Crippen molar-refractivity contribution < 1.29 is 13.2 Å². The summed E-state index contributed by atoms with van der Waals surface area (Å²) in [4.78, 5) is 12.0. The van der Waals surface area contributed by atoms with Crippen LogP contribution in [0.15, 0.2) is 12.4 Å². The molecule has 2 heterocycles. The zero-order valence-electron chi connectivity index (χ0n) is 13.4. The summed E-state index contributed by atoms with van der Waals surface area (Å²) in [7, 11) is 0. The van der Waals surface area contributed by atoms with E-state index in [1.807, 2.05) is 4.90 Å². The number of hydrogen-bond donors (Lipinski definition) is 1. The molecule has 5 nitrogen and oxygen atoms in total. The third-order valence-corrected chi connectivity index (χ3v) is 3.95. The molecule has 0 aromatic carbocycles. The quantitative estimate of drug-likeness (QED) is 0.775. The maximum Gasteiger partial charge on any atom is 0.419 e. The van der Waals surface area contributed by atoms with E-state index in [-0.39, 0.29) is 0 Å². The number of halogens is 3. The van der Waals surface area contributed by atoms with Gasteiger partial charge in [-0.05, 0) is 32.5 Å². The Labute approximate surface area is 134 Å². The van der Waals surface area contributed by atoms with E-state index in [9.17, 15) is 13.2 Å². The van der Waals surface area contributed by atoms with Gasteiger partial charge in [-0.2, -0.15) is 13.2 Å². The van der Waals surface area contributed by atoms with E-state index in [1.54, 1.807) is 0 Å². The van der Waals surface area contributed by atoms with Gasteiger partial charge in [-0.25, -0.2) is 9.97 Å². The van der Waals surface area contributed by atoms with Crippen molar-refractivity contribution in [2.45, 2.75) is 25.9 Å². The van der Waals surface area contributed by atoms with Crippen LogP contribution in [0.5, 0.6) is 0 Å². The second kappa shape index (κ2) is 8.44. The number of alkyl halides is 3. The molecule has 1 saturated heterocycles. The van der Waals surface area contributed by atoms with Crippen molar-refractivity contribution in [2.75, 3.05) is 50.7 Å².